The van der Waals surface area contributed by atoms with Crippen molar-refractivity contribution in [3.05, 3.63) is 29.8 Å². The molecule has 1 aliphatic carbocycles. The van der Waals surface area contributed by atoms with Crippen LogP contribution in [0, 0.1) is 17.3 Å². The molecule has 2 fully saturated rings. The summed E-state index contributed by atoms with van der Waals surface area (Å²) in [5.41, 5.74) is 0.304. The maximum absolute atomic E-state index is 13.1. The number of carbonyl (C=O) groups is 2. The smallest absolute Gasteiger partial charge is 0.307 e. The summed E-state index contributed by atoms with van der Waals surface area (Å²) in [5, 5.41) is 9.22. The molecular weight excluding hydrogens is 342 g/mol. The number of piperidine rings is 1. The van der Waals surface area contributed by atoms with Gasteiger partial charge in [-0.25, -0.2) is 0 Å². The lowest BCUT2D eigenvalue weighted by Gasteiger charge is -2.37. The average molecular weight is 373 g/mol. The van der Waals surface area contributed by atoms with Gasteiger partial charge in [0.25, 0.3) is 0 Å². The molecule has 1 aliphatic heterocycles. The largest absolute Gasteiger partial charge is 0.493 e. The first-order valence-corrected chi connectivity index (χ1v) is 9.91. The van der Waals surface area contributed by atoms with Gasteiger partial charge >= 0.3 is 5.97 Å². The van der Waals surface area contributed by atoms with Crippen LogP contribution in [0.25, 0.3) is 0 Å². The molecule has 1 unspecified atom stereocenters. The topological polar surface area (TPSA) is 66.8 Å². The highest BCUT2D eigenvalue weighted by Gasteiger charge is 2.59. The van der Waals surface area contributed by atoms with E-state index < -0.39 is 11.4 Å². The van der Waals surface area contributed by atoms with Crippen molar-refractivity contribution in [3.63, 3.8) is 0 Å². The fourth-order valence-electron chi connectivity index (χ4n) is 4.15. The zero-order chi connectivity index (χ0) is 19.8. The van der Waals surface area contributed by atoms with E-state index in [0.29, 0.717) is 25.6 Å². The first kappa shape index (κ1) is 19.7. The lowest BCUT2D eigenvalue weighted by molar-refractivity contribution is -0.140. The predicted molar refractivity (Wildman–Crippen MR) is 104 cm³/mol. The second-order valence-corrected chi connectivity index (χ2v) is 9.10. The summed E-state index contributed by atoms with van der Waals surface area (Å²) in [6, 6.07) is 7.81. The van der Waals surface area contributed by atoms with Crippen LogP contribution in [0.3, 0.4) is 0 Å². The molecule has 1 heterocycles. The van der Waals surface area contributed by atoms with E-state index in [9.17, 15) is 14.7 Å². The third kappa shape index (κ3) is 3.97. The van der Waals surface area contributed by atoms with Crippen LogP contribution in [0.15, 0.2) is 24.3 Å². The SMILES string of the molecule is CC(C)COc1ccc(C(C)(C)C(=O)N2CCC3(CC2)CC3C(=O)O)cc1. The number of carboxylic acid groups (broad SMARTS) is 1. The molecule has 1 saturated heterocycles. The molecule has 5 nitrogen and oxygen atoms in total. The summed E-state index contributed by atoms with van der Waals surface area (Å²) in [6.45, 7) is 10.1. The number of carbonyl (C=O) groups excluding carboxylic acids is 1. The summed E-state index contributed by atoms with van der Waals surface area (Å²) in [6.07, 6.45) is 2.37. The number of ether oxygens (including phenoxy) is 1. The number of amides is 1. The molecule has 1 atom stereocenters. The predicted octanol–water partition coefficient (Wildman–Crippen LogP) is 3.71. The zero-order valence-electron chi connectivity index (χ0n) is 16.8. The number of hydrogen-bond donors (Lipinski definition) is 1. The number of likely N-dealkylation sites (tertiary alicyclic amines) is 1. The summed E-state index contributed by atoms with van der Waals surface area (Å²) in [5.74, 6) is 0.512. The van der Waals surface area contributed by atoms with Crippen LogP contribution >= 0.6 is 0 Å². The Hall–Kier alpha value is -2.04. The Kier molecular flexibility index (Phi) is 5.24. The molecular formula is C22H31NO4. The highest BCUT2D eigenvalue weighted by atomic mass is 16.5. The van der Waals surface area contributed by atoms with Gasteiger partial charge in [0.15, 0.2) is 0 Å². The Morgan fingerprint density at radius 1 is 1.22 bits per heavy atom. The Bertz CT molecular complexity index is 700. The summed E-state index contributed by atoms with van der Waals surface area (Å²) in [7, 11) is 0. The average Bonchev–Trinajstić information content (AvgIpc) is 3.34. The summed E-state index contributed by atoms with van der Waals surface area (Å²) >= 11 is 0. The van der Waals surface area contributed by atoms with Gasteiger partial charge in [-0.1, -0.05) is 26.0 Å². The highest BCUT2D eigenvalue weighted by Crippen LogP contribution is 2.59. The van der Waals surface area contributed by atoms with Crippen molar-refractivity contribution in [1.82, 2.24) is 4.90 Å². The van der Waals surface area contributed by atoms with Crippen molar-refractivity contribution in [1.29, 1.82) is 0 Å². The van der Waals surface area contributed by atoms with Crippen LogP contribution in [0.2, 0.25) is 0 Å². The zero-order valence-corrected chi connectivity index (χ0v) is 16.8. The second kappa shape index (κ2) is 7.17. The minimum atomic E-state index is -0.685. The fourth-order valence-corrected chi connectivity index (χ4v) is 4.15. The van der Waals surface area contributed by atoms with Gasteiger partial charge in [-0.15, -0.1) is 0 Å². The molecule has 1 saturated carbocycles. The molecule has 5 heteroatoms. The molecule has 2 aliphatic rings. The van der Waals surface area contributed by atoms with Crippen molar-refractivity contribution in [2.45, 2.75) is 52.4 Å². The van der Waals surface area contributed by atoms with Crippen LogP contribution in [0.4, 0.5) is 0 Å². The van der Waals surface area contributed by atoms with E-state index in [4.69, 9.17) is 4.74 Å². The maximum atomic E-state index is 13.1. The second-order valence-electron chi connectivity index (χ2n) is 9.10. The van der Waals surface area contributed by atoms with E-state index in [2.05, 4.69) is 13.8 Å². The molecule has 1 amide bonds. The quantitative estimate of drug-likeness (QED) is 0.825. The first-order chi connectivity index (χ1) is 12.7. The molecule has 1 aromatic carbocycles. The van der Waals surface area contributed by atoms with Crippen molar-refractivity contribution >= 4 is 11.9 Å². The van der Waals surface area contributed by atoms with Crippen LogP contribution < -0.4 is 4.74 Å². The van der Waals surface area contributed by atoms with E-state index in [1.165, 1.54) is 0 Å². The number of benzene rings is 1. The van der Waals surface area contributed by atoms with E-state index in [1.807, 2.05) is 43.0 Å². The van der Waals surface area contributed by atoms with Gasteiger partial charge in [-0.2, -0.15) is 0 Å². The molecule has 0 bridgehead atoms. The Balaban J connectivity index is 1.61. The van der Waals surface area contributed by atoms with E-state index in [-0.39, 0.29) is 17.2 Å². The van der Waals surface area contributed by atoms with E-state index >= 15 is 0 Å². The number of aliphatic carboxylic acids is 1. The van der Waals surface area contributed by atoms with Gasteiger partial charge in [-0.05, 0) is 62.1 Å². The van der Waals surface area contributed by atoms with Crippen LogP contribution in [0.1, 0.15) is 52.5 Å². The minimum absolute atomic E-state index is 0.0534. The minimum Gasteiger partial charge on any atom is -0.493 e. The van der Waals surface area contributed by atoms with Crippen molar-refractivity contribution in [2.24, 2.45) is 17.3 Å². The Morgan fingerprint density at radius 3 is 2.30 bits per heavy atom. The molecule has 1 N–H and O–H groups in total. The van der Waals surface area contributed by atoms with Crippen LogP contribution in [-0.2, 0) is 15.0 Å². The maximum Gasteiger partial charge on any atom is 0.307 e. The van der Waals surface area contributed by atoms with Crippen molar-refractivity contribution in [3.8, 4) is 5.75 Å². The van der Waals surface area contributed by atoms with E-state index in [1.54, 1.807) is 0 Å². The van der Waals surface area contributed by atoms with Crippen molar-refractivity contribution in [2.75, 3.05) is 19.7 Å². The lowest BCUT2D eigenvalue weighted by atomic mass is 9.81. The van der Waals surface area contributed by atoms with Crippen LogP contribution in [-0.4, -0.2) is 41.6 Å². The molecule has 3 rings (SSSR count). The van der Waals surface area contributed by atoms with Gasteiger partial charge in [0.1, 0.15) is 5.75 Å². The van der Waals surface area contributed by atoms with Crippen LogP contribution in [0.5, 0.6) is 5.75 Å². The molecule has 1 spiro atoms. The first-order valence-electron chi connectivity index (χ1n) is 9.91. The van der Waals surface area contributed by atoms with Gasteiger partial charge in [0.05, 0.1) is 17.9 Å². The number of rotatable bonds is 6. The summed E-state index contributed by atoms with van der Waals surface area (Å²) in [4.78, 5) is 26.3. The summed E-state index contributed by atoms with van der Waals surface area (Å²) < 4.78 is 5.73. The fraction of sp³-hybridized carbons (Fsp3) is 0.636. The molecule has 0 aromatic heterocycles. The normalized spacial score (nSPS) is 21.4. The van der Waals surface area contributed by atoms with Crippen molar-refractivity contribution < 1.29 is 19.4 Å². The Morgan fingerprint density at radius 2 is 1.81 bits per heavy atom. The van der Waals surface area contributed by atoms with Gasteiger partial charge < -0.3 is 14.7 Å². The number of carboxylic acids is 1. The standard InChI is InChI=1S/C22H31NO4/c1-15(2)14-27-17-7-5-16(6-8-17)21(3,4)20(26)23-11-9-22(10-12-23)13-18(22)19(24)25/h5-8,15,18H,9-14H2,1-4H3,(H,24,25). The monoisotopic (exact) mass is 373 g/mol. The Labute approximate surface area is 161 Å². The molecule has 27 heavy (non-hydrogen) atoms. The van der Waals surface area contributed by atoms with Gasteiger partial charge in [-0.3, -0.25) is 9.59 Å². The third-order valence-electron chi connectivity index (χ3n) is 6.23. The van der Waals surface area contributed by atoms with Gasteiger partial charge in [0, 0.05) is 13.1 Å². The molecule has 1 aromatic rings. The highest BCUT2D eigenvalue weighted by molar-refractivity contribution is 5.87. The lowest BCUT2D eigenvalue weighted by Crippen LogP contribution is -2.47. The molecule has 148 valence electrons. The van der Waals surface area contributed by atoms with E-state index in [0.717, 1.165) is 30.6 Å². The van der Waals surface area contributed by atoms with Gasteiger partial charge in [0.2, 0.25) is 5.91 Å². The third-order valence-corrected chi connectivity index (χ3v) is 6.23. The molecule has 0 radical (unpaired) electrons. The number of nitrogens with zero attached hydrogens (tertiary/aromatic N) is 1. The number of hydrogen-bond acceptors (Lipinski definition) is 3.